The molecule has 0 aromatic heterocycles. The van der Waals surface area contributed by atoms with E-state index in [0.29, 0.717) is 6.04 Å². The van der Waals surface area contributed by atoms with Gasteiger partial charge < -0.3 is 0 Å². The van der Waals surface area contributed by atoms with Gasteiger partial charge >= 0.3 is 0 Å². The molecule has 19 heavy (non-hydrogen) atoms. The molecule has 0 bridgehead atoms. The Morgan fingerprint density at radius 3 is 2.37 bits per heavy atom. The highest BCUT2D eigenvalue weighted by Crippen LogP contribution is 2.16. The summed E-state index contributed by atoms with van der Waals surface area (Å²) in [6, 6.07) is 17.7. The lowest BCUT2D eigenvalue weighted by Gasteiger charge is -2.08. The molecule has 0 spiro atoms. The van der Waals surface area contributed by atoms with Crippen LogP contribution in [-0.2, 0) is 12.8 Å². The van der Waals surface area contributed by atoms with Crippen LogP contribution in [0.4, 0.5) is 0 Å². The van der Waals surface area contributed by atoms with E-state index in [1.54, 1.807) is 0 Å². The van der Waals surface area contributed by atoms with Crippen molar-refractivity contribution in [2.24, 2.45) is 4.99 Å². The maximum absolute atomic E-state index is 4.73. The van der Waals surface area contributed by atoms with Crippen LogP contribution < -0.4 is 10.6 Å². The van der Waals surface area contributed by atoms with Gasteiger partial charge in [0.1, 0.15) is 0 Å². The Kier molecular flexibility index (Phi) is 3.20. The van der Waals surface area contributed by atoms with E-state index in [1.807, 2.05) is 0 Å². The maximum Gasteiger partial charge on any atom is 0.0701 e. The third-order valence-corrected chi connectivity index (χ3v) is 3.91. The van der Waals surface area contributed by atoms with Crippen LogP contribution in [0.1, 0.15) is 25.0 Å². The average Bonchev–Trinajstić information content (AvgIpc) is 2.76. The van der Waals surface area contributed by atoms with Crippen molar-refractivity contribution in [3.63, 3.8) is 0 Å². The molecule has 0 fully saturated rings. The second-order valence-corrected chi connectivity index (χ2v) is 5.19. The summed E-state index contributed by atoms with van der Waals surface area (Å²) in [5.41, 5.74) is 4.23. The van der Waals surface area contributed by atoms with Crippen LogP contribution in [0.15, 0.2) is 53.5 Å². The third kappa shape index (κ3) is 2.33. The van der Waals surface area contributed by atoms with E-state index in [1.165, 1.54) is 21.9 Å². The first-order chi connectivity index (χ1) is 9.28. The summed E-state index contributed by atoms with van der Waals surface area (Å²) in [5.74, 6) is 0. The molecule has 1 aliphatic rings. The molecule has 0 aliphatic carbocycles. The van der Waals surface area contributed by atoms with Gasteiger partial charge in [0, 0.05) is 5.22 Å². The SMILES string of the molecule is CCc1ccc(CC2=c3ccccc3=NC2C)cc1. The van der Waals surface area contributed by atoms with Crippen molar-refractivity contribution >= 4 is 5.57 Å². The molecule has 1 atom stereocenters. The number of fused-ring (bicyclic) bond motifs is 1. The Labute approximate surface area is 114 Å². The smallest absolute Gasteiger partial charge is 0.0701 e. The number of benzene rings is 2. The molecule has 3 rings (SSSR count). The molecule has 0 radical (unpaired) electrons. The molecular formula is C18H19N. The minimum absolute atomic E-state index is 0.309. The lowest BCUT2D eigenvalue weighted by atomic mass is 9.98. The van der Waals surface area contributed by atoms with Crippen molar-refractivity contribution < 1.29 is 0 Å². The fraction of sp³-hybridized carbons (Fsp3) is 0.278. The number of nitrogens with zero attached hydrogens (tertiary/aromatic N) is 1. The van der Waals surface area contributed by atoms with E-state index in [-0.39, 0.29) is 0 Å². The molecule has 96 valence electrons. The first-order valence-electron chi connectivity index (χ1n) is 7.01. The lowest BCUT2D eigenvalue weighted by molar-refractivity contribution is 0.906. The predicted molar refractivity (Wildman–Crippen MR) is 79.6 cm³/mol. The maximum atomic E-state index is 4.73. The molecule has 1 aliphatic heterocycles. The van der Waals surface area contributed by atoms with E-state index in [2.05, 4.69) is 62.4 Å². The van der Waals surface area contributed by atoms with Crippen LogP contribution in [0, 0.1) is 0 Å². The summed E-state index contributed by atoms with van der Waals surface area (Å²) in [6.45, 7) is 4.38. The Hall–Kier alpha value is -1.89. The van der Waals surface area contributed by atoms with Gasteiger partial charge in [-0.1, -0.05) is 49.4 Å². The molecule has 1 heteroatoms. The van der Waals surface area contributed by atoms with E-state index in [4.69, 9.17) is 4.99 Å². The van der Waals surface area contributed by atoms with Gasteiger partial charge in [0.2, 0.25) is 0 Å². The predicted octanol–water partition coefficient (Wildman–Crippen LogP) is 2.66. The van der Waals surface area contributed by atoms with Gasteiger partial charge in [-0.25, -0.2) is 0 Å². The number of hydrogen-bond donors (Lipinski definition) is 0. The minimum Gasteiger partial charge on any atom is -0.277 e. The van der Waals surface area contributed by atoms with Crippen LogP contribution in [-0.4, -0.2) is 6.04 Å². The molecule has 0 N–H and O–H groups in total. The molecule has 2 aromatic carbocycles. The van der Waals surface area contributed by atoms with E-state index in [0.717, 1.165) is 18.2 Å². The Balaban J connectivity index is 1.97. The van der Waals surface area contributed by atoms with E-state index < -0.39 is 0 Å². The van der Waals surface area contributed by atoms with Gasteiger partial charge in [0.15, 0.2) is 0 Å². The van der Waals surface area contributed by atoms with Crippen LogP contribution in [0.25, 0.3) is 5.57 Å². The van der Waals surface area contributed by atoms with Crippen molar-refractivity contribution in [1.82, 2.24) is 0 Å². The zero-order valence-corrected chi connectivity index (χ0v) is 11.6. The summed E-state index contributed by atoms with van der Waals surface area (Å²) in [4.78, 5) is 4.73. The zero-order valence-electron chi connectivity index (χ0n) is 11.6. The normalized spacial score (nSPS) is 17.2. The van der Waals surface area contributed by atoms with Gasteiger partial charge in [0.25, 0.3) is 0 Å². The minimum atomic E-state index is 0.309. The van der Waals surface area contributed by atoms with Gasteiger partial charge in [0.05, 0.1) is 11.4 Å². The van der Waals surface area contributed by atoms with Crippen LogP contribution in [0.3, 0.4) is 0 Å². The first-order valence-corrected chi connectivity index (χ1v) is 7.01. The highest BCUT2D eigenvalue weighted by molar-refractivity contribution is 5.56. The fourth-order valence-electron chi connectivity index (χ4n) is 2.73. The Bertz CT molecular complexity index is 695. The van der Waals surface area contributed by atoms with Crippen molar-refractivity contribution in [3.05, 3.63) is 70.2 Å². The fourth-order valence-corrected chi connectivity index (χ4v) is 2.73. The second kappa shape index (κ2) is 5.00. The monoisotopic (exact) mass is 249 g/mol. The molecule has 2 aromatic rings. The topological polar surface area (TPSA) is 12.4 Å². The lowest BCUT2D eigenvalue weighted by Crippen LogP contribution is -2.22. The molecule has 0 amide bonds. The van der Waals surface area contributed by atoms with Crippen LogP contribution in [0.5, 0.6) is 0 Å². The van der Waals surface area contributed by atoms with Crippen LogP contribution in [0.2, 0.25) is 0 Å². The molecule has 1 heterocycles. The third-order valence-electron chi connectivity index (χ3n) is 3.91. The first kappa shape index (κ1) is 12.2. The van der Waals surface area contributed by atoms with Crippen molar-refractivity contribution in [1.29, 1.82) is 0 Å². The quantitative estimate of drug-likeness (QED) is 0.793. The molecule has 0 saturated carbocycles. The van der Waals surface area contributed by atoms with Crippen molar-refractivity contribution in [3.8, 4) is 0 Å². The van der Waals surface area contributed by atoms with Gasteiger partial charge in [-0.15, -0.1) is 0 Å². The summed E-state index contributed by atoms with van der Waals surface area (Å²) >= 11 is 0. The average molecular weight is 249 g/mol. The van der Waals surface area contributed by atoms with Gasteiger partial charge in [-0.3, -0.25) is 4.99 Å². The second-order valence-electron chi connectivity index (χ2n) is 5.19. The number of hydrogen-bond acceptors (Lipinski definition) is 1. The molecule has 0 saturated heterocycles. The number of para-hydroxylation sites is 1. The van der Waals surface area contributed by atoms with E-state index >= 15 is 0 Å². The summed E-state index contributed by atoms with van der Waals surface area (Å²) in [7, 11) is 0. The highest BCUT2D eigenvalue weighted by Gasteiger charge is 2.14. The number of aryl methyl sites for hydroxylation is 1. The van der Waals surface area contributed by atoms with Gasteiger partial charge in [-0.2, -0.15) is 0 Å². The summed E-state index contributed by atoms with van der Waals surface area (Å²) in [6.07, 6.45) is 2.11. The molecular weight excluding hydrogens is 230 g/mol. The zero-order chi connectivity index (χ0) is 13.2. The Morgan fingerprint density at radius 1 is 0.947 bits per heavy atom. The van der Waals surface area contributed by atoms with Gasteiger partial charge in [-0.05, 0) is 42.5 Å². The molecule has 1 nitrogen and oxygen atoms in total. The number of rotatable bonds is 3. The standard InChI is InChI=1S/C18H19N/c1-3-14-8-10-15(11-9-14)12-17-13(2)19-18-7-5-4-6-16(17)18/h4-11,13H,3,12H2,1-2H3. The largest absolute Gasteiger partial charge is 0.277 e. The van der Waals surface area contributed by atoms with Crippen LogP contribution >= 0.6 is 0 Å². The summed E-state index contributed by atoms with van der Waals surface area (Å²) in [5, 5.41) is 2.48. The molecule has 1 unspecified atom stereocenters. The van der Waals surface area contributed by atoms with Crippen molar-refractivity contribution in [2.45, 2.75) is 32.7 Å². The Morgan fingerprint density at radius 2 is 1.63 bits per heavy atom. The highest BCUT2D eigenvalue weighted by atomic mass is 14.8. The summed E-state index contributed by atoms with van der Waals surface area (Å²) < 4.78 is 0. The van der Waals surface area contributed by atoms with Crippen molar-refractivity contribution in [2.75, 3.05) is 0 Å². The van der Waals surface area contributed by atoms with E-state index in [9.17, 15) is 0 Å².